The quantitative estimate of drug-likeness (QED) is 0.624. The van der Waals surface area contributed by atoms with Crippen LogP contribution in [0.3, 0.4) is 0 Å². The fraction of sp³-hybridized carbons (Fsp3) is 1.00. The van der Waals surface area contributed by atoms with Crippen LogP contribution in [-0.2, 0) is 0 Å². The molecule has 13 heavy (non-hydrogen) atoms. The van der Waals surface area contributed by atoms with Crippen LogP contribution in [0.15, 0.2) is 0 Å². The molecule has 0 spiro atoms. The molecule has 0 amide bonds. The summed E-state index contributed by atoms with van der Waals surface area (Å²) in [6.07, 6.45) is -2.24. The molecular weight excluding hydrogens is 179 g/mol. The molecule has 1 saturated heterocycles. The monoisotopic (exact) mass is 197 g/mol. The van der Waals surface area contributed by atoms with Gasteiger partial charge in [0.1, 0.15) is 6.04 Å². The molecule has 0 aromatic rings. The molecule has 0 aliphatic carbocycles. The van der Waals surface area contributed by atoms with Gasteiger partial charge in [-0.05, 0) is 32.9 Å². The summed E-state index contributed by atoms with van der Waals surface area (Å²) in [6, 6.07) is -1.26. The van der Waals surface area contributed by atoms with Crippen molar-refractivity contribution in [3.63, 3.8) is 0 Å². The molecule has 0 saturated carbocycles. The zero-order valence-corrected chi connectivity index (χ0v) is 8.49. The second-order valence-corrected chi connectivity index (χ2v) is 2.96. The van der Waals surface area contributed by atoms with E-state index in [0.29, 0.717) is 13.1 Å². The van der Waals surface area contributed by atoms with Gasteiger partial charge in [-0.3, -0.25) is 4.90 Å². The van der Waals surface area contributed by atoms with Gasteiger partial charge in [-0.15, -0.1) is 0 Å². The molecule has 1 atom stereocenters. The van der Waals surface area contributed by atoms with Crippen LogP contribution in [0.5, 0.6) is 0 Å². The van der Waals surface area contributed by atoms with E-state index in [2.05, 4.69) is 0 Å². The summed E-state index contributed by atoms with van der Waals surface area (Å²) in [5.74, 6) is 0. The molecule has 1 rings (SSSR count). The van der Waals surface area contributed by atoms with Gasteiger partial charge in [-0.25, -0.2) is 0 Å². The van der Waals surface area contributed by atoms with Gasteiger partial charge in [-0.1, -0.05) is 13.8 Å². The summed E-state index contributed by atoms with van der Waals surface area (Å²) < 4.78 is 36.2. The Morgan fingerprint density at radius 1 is 1.08 bits per heavy atom. The molecule has 0 aromatic heterocycles. The van der Waals surface area contributed by atoms with E-state index in [1.54, 1.807) is 0 Å². The smallest absolute Gasteiger partial charge is 0.292 e. The summed E-state index contributed by atoms with van der Waals surface area (Å²) in [6.45, 7) is 6.42. The first-order chi connectivity index (χ1) is 6.02. The van der Waals surface area contributed by atoms with Crippen LogP contribution >= 0.6 is 0 Å². The van der Waals surface area contributed by atoms with Crippen LogP contribution in [0, 0.1) is 0 Å². The number of nitrogens with zero attached hydrogens (tertiary/aromatic N) is 1. The topological polar surface area (TPSA) is 3.24 Å². The van der Waals surface area contributed by atoms with Crippen molar-refractivity contribution in [2.24, 2.45) is 0 Å². The summed E-state index contributed by atoms with van der Waals surface area (Å²) in [5, 5.41) is 0. The minimum atomic E-state index is -4.05. The third-order valence-corrected chi connectivity index (χ3v) is 2.16. The normalized spacial score (nSPS) is 20.8. The van der Waals surface area contributed by atoms with Crippen molar-refractivity contribution in [1.29, 1.82) is 0 Å². The molecule has 0 N–H and O–H groups in total. The lowest BCUT2D eigenvalue weighted by Crippen LogP contribution is -2.41. The van der Waals surface area contributed by atoms with E-state index in [-0.39, 0.29) is 0 Å². The first kappa shape index (κ1) is 12.8. The summed E-state index contributed by atoms with van der Waals surface area (Å²) in [7, 11) is 0. The number of rotatable bonds is 1. The molecule has 1 heterocycles. The zero-order chi connectivity index (χ0) is 10.5. The molecule has 1 nitrogen and oxygen atoms in total. The minimum absolute atomic E-state index is 0.598. The Balaban J connectivity index is 0.000000671. The van der Waals surface area contributed by atoms with E-state index in [1.165, 1.54) is 11.8 Å². The second-order valence-electron chi connectivity index (χ2n) is 2.96. The Kier molecular flexibility index (Phi) is 5.37. The highest BCUT2D eigenvalue weighted by molar-refractivity contribution is 4.77. The van der Waals surface area contributed by atoms with Gasteiger partial charge < -0.3 is 0 Å². The Bertz CT molecular complexity index is 127. The second kappa shape index (κ2) is 5.47. The van der Waals surface area contributed by atoms with Crippen molar-refractivity contribution in [2.45, 2.75) is 45.8 Å². The number of hydrogen-bond donors (Lipinski definition) is 0. The molecule has 1 unspecified atom stereocenters. The Labute approximate surface area is 77.9 Å². The molecule has 0 radical (unpaired) electrons. The van der Waals surface area contributed by atoms with Crippen molar-refractivity contribution >= 4 is 0 Å². The van der Waals surface area contributed by atoms with Crippen LogP contribution in [0.1, 0.15) is 33.6 Å². The largest absolute Gasteiger partial charge is 0.403 e. The fourth-order valence-electron chi connectivity index (χ4n) is 1.34. The number of hydrogen-bond acceptors (Lipinski definition) is 1. The maximum absolute atomic E-state index is 12.1. The van der Waals surface area contributed by atoms with Crippen molar-refractivity contribution in [3.05, 3.63) is 0 Å². The third kappa shape index (κ3) is 3.98. The highest BCUT2D eigenvalue weighted by Gasteiger charge is 2.40. The van der Waals surface area contributed by atoms with Crippen molar-refractivity contribution in [1.82, 2.24) is 4.90 Å². The van der Waals surface area contributed by atoms with E-state index < -0.39 is 12.2 Å². The predicted molar refractivity (Wildman–Crippen MR) is 47.7 cm³/mol. The number of alkyl halides is 3. The SMILES string of the molecule is CC.CC(N1CCCC1)C(F)(F)F. The van der Waals surface area contributed by atoms with E-state index in [1.807, 2.05) is 13.8 Å². The lowest BCUT2D eigenvalue weighted by Gasteiger charge is -2.25. The van der Waals surface area contributed by atoms with Crippen LogP contribution in [0.2, 0.25) is 0 Å². The summed E-state index contributed by atoms with van der Waals surface area (Å²) in [5.41, 5.74) is 0. The van der Waals surface area contributed by atoms with Crippen LogP contribution < -0.4 is 0 Å². The maximum atomic E-state index is 12.1. The van der Waals surface area contributed by atoms with Gasteiger partial charge in [-0.2, -0.15) is 13.2 Å². The summed E-state index contributed by atoms with van der Waals surface area (Å²) >= 11 is 0. The molecule has 0 aromatic carbocycles. The first-order valence-electron chi connectivity index (χ1n) is 4.82. The van der Waals surface area contributed by atoms with Gasteiger partial charge in [0.25, 0.3) is 0 Å². The molecule has 1 aliphatic heterocycles. The van der Waals surface area contributed by atoms with Crippen molar-refractivity contribution in [2.75, 3.05) is 13.1 Å². The molecule has 0 bridgehead atoms. The van der Waals surface area contributed by atoms with E-state index in [4.69, 9.17) is 0 Å². The lowest BCUT2D eigenvalue weighted by molar-refractivity contribution is -0.175. The van der Waals surface area contributed by atoms with E-state index in [9.17, 15) is 13.2 Å². The highest BCUT2D eigenvalue weighted by atomic mass is 19.4. The standard InChI is InChI=1S/C7H12F3N.C2H6/c1-6(7(8,9)10)11-4-2-3-5-11;1-2/h6H,2-5H2,1H3;1-2H3. The molecular formula is C9H18F3N. The molecule has 80 valence electrons. The zero-order valence-electron chi connectivity index (χ0n) is 8.49. The lowest BCUT2D eigenvalue weighted by atomic mass is 10.3. The van der Waals surface area contributed by atoms with Gasteiger partial charge in [0.2, 0.25) is 0 Å². The van der Waals surface area contributed by atoms with Crippen LogP contribution in [0.25, 0.3) is 0 Å². The third-order valence-electron chi connectivity index (χ3n) is 2.16. The van der Waals surface area contributed by atoms with E-state index >= 15 is 0 Å². The average molecular weight is 197 g/mol. The van der Waals surface area contributed by atoms with E-state index in [0.717, 1.165) is 12.8 Å². The number of likely N-dealkylation sites (tertiary alicyclic amines) is 1. The van der Waals surface area contributed by atoms with Crippen molar-refractivity contribution < 1.29 is 13.2 Å². The van der Waals surface area contributed by atoms with Gasteiger partial charge in [0.15, 0.2) is 0 Å². The number of halogens is 3. The van der Waals surface area contributed by atoms with Gasteiger partial charge in [0, 0.05) is 0 Å². The fourth-order valence-corrected chi connectivity index (χ4v) is 1.34. The van der Waals surface area contributed by atoms with Gasteiger partial charge in [0.05, 0.1) is 0 Å². The Morgan fingerprint density at radius 3 is 1.77 bits per heavy atom. The first-order valence-corrected chi connectivity index (χ1v) is 4.82. The minimum Gasteiger partial charge on any atom is -0.292 e. The Hall–Kier alpha value is -0.250. The van der Waals surface area contributed by atoms with Crippen LogP contribution in [-0.4, -0.2) is 30.2 Å². The predicted octanol–water partition coefficient (Wildman–Crippen LogP) is 3.06. The molecule has 1 fully saturated rings. The summed E-state index contributed by atoms with van der Waals surface area (Å²) in [4.78, 5) is 1.49. The average Bonchev–Trinajstić information content (AvgIpc) is 2.57. The van der Waals surface area contributed by atoms with Crippen molar-refractivity contribution in [3.8, 4) is 0 Å². The van der Waals surface area contributed by atoms with Gasteiger partial charge >= 0.3 is 6.18 Å². The maximum Gasteiger partial charge on any atom is 0.403 e. The van der Waals surface area contributed by atoms with Crippen LogP contribution in [0.4, 0.5) is 13.2 Å². The molecule has 4 heteroatoms. The Morgan fingerprint density at radius 2 is 1.46 bits per heavy atom. The highest BCUT2D eigenvalue weighted by Crippen LogP contribution is 2.26. The molecule has 1 aliphatic rings.